The standard InChI is InChI=1S/C19H20N4O3S/c24-19(14-6-7-17-18(12-14)21-13-20-17)22-15-8-10-23(11-9-15)27(25,26)16-4-2-1-3-5-16/h1-7,12-13,15H,8-11H2,(H,20,21)(H,22,24). The van der Waals surface area contributed by atoms with E-state index in [4.69, 9.17) is 0 Å². The van der Waals surface area contributed by atoms with Gasteiger partial charge in [0.15, 0.2) is 0 Å². The van der Waals surface area contributed by atoms with Gasteiger partial charge >= 0.3 is 0 Å². The number of rotatable bonds is 4. The molecule has 0 spiro atoms. The number of carbonyl (C=O) groups is 1. The van der Waals surface area contributed by atoms with Gasteiger partial charge in [-0.1, -0.05) is 18.2 Å². The van der Waals surface area contributed by atoms with E-state index in [1.165, 1.54) is 4.31 Å². The van der Waals surface area contributed by atoms with E-state index in [2.05, 4.69) is 15.3 Å². The smallest absolute Gasteiger partial charge is 0.251 e. The normalized spacial score (nSPS) is 16.4. The van der Waals surface area contributed by atoms with E-state index in [9.17, 15) is 13.2 Å². The third kappa shape index (κ3) is 3.58. The van der Waals surface area contributed by atoms with Crippen LogP contribution in [0, 0.1) is 0 Å². The van der Waals surface area contributed by atoms with Crippen molar-refractivity contribution < 1.29 is 13.2 Å². The van der Waals surface area contributed by atoms with Crippen LogP contribution in [0.25, 0.3) is 11.0 Å². The highest BCUT2D eigenvalue weighted by Gasteiger charge is 2.29. The minimum Gasteiger partial charge on any atom is -0.349 e. The largest absolute Gasteiger partial charge is 0.349 e. The Bertz CT molecular complexity index is 1050. The number of fused-ring (bicyclic) bond motifs is 1. The molecule has 1 aromatic heterocycles. The van der Waals surface area contributed by atoms with Crippen LogP contribution in [0.3, 0.4) is 0 Å². The molecule has 0 unspecified atom stereocenters. The lowest BCUT2D eigenvalue weighted by Crippen LogP contribution is -2.46. The highest BCUT2D eigenvalue weighted by molar-refractivity contribution is 7.89. The summed E-state index contributed by atoms with van der Waals surface area (Å²) in [6, 6.07) is 13.7. The average molecular weight is 384 g/mol. The summed E-state index contributed by atoms with van der Waals surface area (Å²) in [5.41, 5.74) is 2.18. The second-order valence-electron chi connectivity index (χ2n) is 6.60. The number of benzene rings is 2. The first-order chi connectivity index (χ1) is 13.0. The van der Waals surface area contributed by atoms with E-state index in [0.29, 0.717) is 36.4 Å². The fourth-order valence-corrected chi connectivity index (χ4v) is 4.82. The number of amides is 1. The van der Waals surface area contributed by atoms with E-state index >= 15 is 0 Å². The van der Waals surface area contributed by atoms with Crippen molar-refractivity contribution in [2.24, 2.45) is 0 Å². The van der Waals surface area contributed by atoms with E-state index in [1.807, 2.05) is 0 Å². The minimum absolute atomic E-state index is 0.0443. The first-order valence-corrected chi connectivity index (χ1v) is 10.3. The molecule has 0 atom stereocenters. The van der Waals surface area contributed by atoms with Crippen LogP contribution in [0.15, 0.2) is 59.8 Å². The molecule has 140 valence electrons. The van der Waals surface area contributed by atoms with E-state index < -0.39 is 10.0 Å². The van der Waals surface area contributed by atoms with Gasteiger partial charge < -0.3 is 10.3 Å². The molecular weight excluding hydrogens is 364 g/mol. The number of aromatic nitrogens is 2. The first-order valence-electron chi connectivity index (χ1n) is 8.83. The number of carbonyl (C=O) groups excluding carboxylic acids is 1. The Kier molecular flexibility index (Phi) is 4.67. The van der Waals surface area contributed by atoms with E-state index in [-0.39, 0.29) is 11.9 Å². The topological polar surface area (TPSA) is 95.2 Å². The molecule has 2 aromatic carbocycles. The van der Waals surface area contributed by atoms with Gasteiger partial charge in [-0.05, 0) is 43.2 Å². The summed E-state index contributed by atoms with van der Waals surface area (Å²) in [6.45, 7) is 0.781. The highest BCUT2D eigenvalue weighted by Crippen LogP contribution is 2.21. The molecular formula is C19H20N4O3S. The minimum atomic E-state index is -3.47. The molecule has 1 amide bonds. The second-order valence-corrected chi connectivity index (χ2v) is 8.54. The molecule has 0 saturated carbocycles. The molecule has 0 aliphatic carbocycles. The van der Waals surface area contributed by atoms with Gasteiger partial charge in [0.2, 0.25) is 10.0 Å². The lowest BCUT2D eigenvalue weighted by molar-refractivity contribution is 0.0924. The highest BCUT2D eigenvalue weighted by atomic mass is 32.2. The van der Waals surface area contributed by atoms with Crippen LogP contribution in [-0.2, 0) is 10.0 Å². The zero-order valence-corrected chi connectivity index (χ0v) is 15.4. The van der Waals surface area contributed by atoms with Crippen LogP contribution >= 0.6 is 0 Å². The van der Waals surface area contributed by atoms with Crippen LogP contribution in [0.1, 0.15) is 23.2 Å². The molecule has 1 fully saturated rings. The van der Waals surface area contributed by atoms with Gasteiger partial charge in [-0.3, -0.25) is 4.79 Å². The van der Waals surface area contributed by atoms with Gasteiger partial charge in [-0.25, -0.2) is 13.4 Å². The summed E-state index contributed by atoms with van der Waals surface area (Å²) in [5.74, 6) is -0.157. The van der Waals surface area contributed by atoms with Crippen LogP contribution in [0.5, 0.6) is 0 Å². The van der Waals surface area contributed by atoms with Crippen molar-refractivity contribution >= 4 is 27.0 Å². The van der Waals surface area contributed by atoms with Crippen molar-refractivity contribution in [2.75, 3.05) is 13.1 Å². The number of H-pyrrole nitrogens is 1. The van der Waals surface area contributed by atoms with Crippen molar-refractivity contribution in [3.8, 4) is 0 Å². The third-order valence-electron chi connectivity index (χ3n) is 4.85. The quantitative estimate of drug-likeness (QED) is 0.720. The van der Waals surface area contributed by atoms with Crippen molar-refractivity contribution in [1.29, 1.82) is 0 Å². The summed E-state index contributed by atoms with van der Waals surface area (Å²) in [4.78, 5) is 19.9. The lowest BCUT2D eigenvalue weighted by Gasteiger charge is -2.31. The summed E-state index contributed by atoms with van der Waals surface area (Å²) >= 11 is 0. The Morgan fingerprint density at radius 3 is 2.59 bits per heavy atom. The number of imidazole rings is 1. The third-order valence-corrected chi connectivity index (χ3v) is 6.77. The van der Waals surface area contributed by atoms with Crippen molar-refractivity contribution in [1.82, 2.24) is 19.6 Å². The van der Waals surface area contributed by atoms with Gasteiger partial charge in [0.25, 0.3) is 5.91 Å². The van der Waals surface area contributed by atoms with Crippen LogP contribution < -0.4 is 5.32 Å². The van der Waals surface area contributed by atoms with Gasteiger partial charge in [0, 0.05) is 24.7 Å². The molecule has 2 N–H and O–H groups in total. The lowest BCUT2D eigenvalue weighted by atomic mass is 10.1. The second kappa shape index (κ2) is 7.13. The van der Waals surface area contributed by atoms with Crippen molar-refractivity contribution in [3.05, 3.63) is 60.4 Å². The molecule has 8 heteroatoms. The molecule has 4 rings (SSSR count). The van der Waals surface area contributed by atoms with E-state index in [0.717, 1.165) is 11.0 Å². The number of hydrogen-bond acceptors (Lipinski definition) is 4. The van der Waals surface area contributed by atoms with Crippen LogP contribution in [0.4, 0.5) is 0 Å². The molecule has 0 bridgehead atoms. The zero-order valence-electron chi connectivity index (χ0n) is 14.6. The molecule has 1 saturated heterocycles. The summed E-state index contributed by atoms with van der Waals surface area (Å²) < 4.78 is 26.8. The zero-order chi connectivity index (χ0) is 18.9. The molecule has 1 aliphatic heterocycles. The Morgan fingerprint density at radius 2 is 1.85 bits per heavy atom. The summed E-state index contributed by atoms with van der Waals surface area (Å²) in [5, 5.41) is 3.01. The number of nitrogens with one attached hydrogen (secondary N) is 2. The number of aromatic amines is 1. The Labute approximate surface area is 157 Å². The fraction of sp³-hybridized carbons (Fsp3) is 0.263. The van der Waals surface area contributed by atoms with Crippen molar-refractivity contribution in [3.63, 3.8) is 0 Å². The number of piperidine rings is 1. The van der Waals surface area contributed by atoms with Crippen LogP contribution in [0.2, 0.25) is 0 Å². The maximum atomic E-state index is 12.7. The predicted octanol–water partition coefficient (Wildman–Crippen LogP) is 2.15. The number of hydrogen-bond donors (Lipinski definition) is 2. The average Bonchev–Trinajstić information content (AvgIpc) is 3.17. The molecule has 7 nitrogen and oxygen atoms in total. The fourth-order valence-electron chi connectivity index (χ4n) is 3.33. The Balaban J connectivity index is 1.38. The number of nitrogens with zero attached hydrogens (tertiary/aromatic N) is 2. The maximum absolute atomic E-state index is 12.7. The monoisotopic (exact) mass is 384 g/mol. The van der Waals surface area contributed by atoms with Crippen LogP contribution in [-0.4, -0.2) is 47.7 Å². The summed E-state index contributed by atoms with van der Waals surface area (Å²) in [6.07, 6.45) is 2.77. The van der Waals surface area contributed by atoms with Gasteiger partial charge in [0.05, 0.1) is 22.3 Å². The predicted molar refractivity (Wildman–Crippen MR) is 102 cm³/mol. The number of sulfonamides is 1. The van der Waals surface area contributed by atoms with Crippen molar-refractivity contribution in [2.45, 2.75) is 23.8 Å². The SMILES string of the molecule is O=C(NC1CCN(S(=O)(=O)c2ccccc2)CC1)c1ccc2nc[nH]c2c1. The van der Waals surface area contributed by atoms with Gasteiger partial charge in [-0.2, -0.15) is 4.31 Å². The molecule has 3 aromatic rings. The Morgan fingerprint density at radius 1 is 1.11 bits per heavy atom. The first kappa shape index (κ1) is 17.7. The van der Waals surface area contributed by atoms with E-state index in [1.54, 1.807) is 54.9 Å². The molecule has 2 heterocycles. The van der Waals surface area contributed by atoms with Gasteiger partial charge in [0.1, 0.15) is 0 Å². The Hall–Kier alpha value is -2.71. The molecule has 27 heavy (non-hydrogen) atoms. The van der Waals surface area contributed by atoms with Gasteiger partial charge in [-0.15, -0.1) is 0 Å². The summed E-state index contributed by atoms with van der Waals surface area (Å²) in [7, 11) is -3.47. The molecule has 1 aliphatic rings. The molecule has 0 radical (unpaired) electrons. The maximum Gasteiger partial charge on any atom is 0.251 e.